The maximum absolute atomic E-state index is 6.25. The number of fused-ring (bicyclic) bond motifs is 1. The summed E-state index contributed by atoms with van der Waals surface area (Å²) < 4.78 is 13.4. The van der Waals surface area contributed by atoms with Crippen molar-refractivity contribution in [1.29, 1.82) is 0 Å². The summed E-state index contributed by atoms with van der Waals surface area (Å²) >= 11 is 0. The lowest BCUT2D eigenvalue weighted by Gasteiger charge is -2.25. The Hall–Kier alpha value is -1.88. The van der Waals surface area contributed by atoms with E-state index in [0.717, 1.165) is 61.1 Å². The molecule has 8 nitrogen and oxygen atoms in total. The number of hydrogen-bond acceptors (Lipinski definition) is 5. The fourth-order valence-electron chi connectivity index (χ4n) is 4.19. The average molecular weight is 540 g/mol. The van der Waals surface area contributed by atoms with Crippen LogP contribution in [0.25, 0.3) is 0 Å². The molecule has 31 heavy (non-hydrogen) atoms. The van der Waals surface area contributed by atoms with Gasteiger partial charge >= 0.3 is 0 Å². The first-order valence-electron chi connectivity index (χ1n) is 10.9. The van der Waals surface area contributed by atoms with E-state index in [0.29, 0.717) is 19.3 Å². The number of nitrogens with zero attached hydrogens (tertiary/aromatic N) is 4. The molecule has 2 N–H and O–H groups in total. The maximum Gasteiger partial charge on any atom is 0.191 e. The van der Waals surface area contributed by atoms with Gasteiger partial charge in [0.1, 0.15) is 18.2 Å². The zero-order valence-electron chi connectivity index (χ0n) is 18.3. The van der Waals surface area contributed by atoms with Crippen LogP contribution in [0, 0.1) is 0 Å². The topological polar surface area (TPSA) is 85.6 Å². The molecule has 0 bridgehead atoms. The van der Waals surface area contributed by atoms with Gasteiger partial charge in [-0.3, -0.25) is 4.99 Å². The Labute approximate surface area is 201 Å². The summed E-state index contributed by atoms with van der Waals surface area (Å²) in [5.41, 5.74) is 1.15. The molecular formula is C22H33IN6O2. The highest BCUT2D eigenvalue weighted by Crippen LogP contribution is 2.26. The van der Waals surface area contributed by atoms with Crippen molar-refractivity contribution in [3.8, 4) is 5.75 Å². The van der Waals surface area contributed by atoms with Gasteiger partial charge in [-0.2, -0.15) is 5.10 Å². The number of guanidine groups is 1. The second-order valence-electron chi connectivity index (χ2n) is 8.00. The van der Waals surface area contributed by atoms with Gasteiger partial charge in [0.25, 0.3) is 0 Å². The number of aliphatic imine (C=N–C) groups is 1. The molecule has 0 amide bonds. The number of benzene rings is 1. The molecule has 1 unspecified atom stereocenters. The van der Waals surface area contributed by atoms with Gasteiger partial charge < -0.3 is 20.1 Å². The summed E-state index contributed by atoms with van der Waals surface area (Å²) in [6, 6.07) is 8.53. The number of nitrogens with one attached hydrogen (secondary N) is 2. The molecule has 9 heteroatoms. The monoisotopic (exact) mass is 540 g/mol. The summed E-state index contributed by atoms with van der Waals surface area (Å²) in [4.78, 5) is 8.95. The van der Waals surface area contributed by atoms with Crippen LogP contribution in [0.15, 0.2) is 29.3 Å². The van der Waals surface area contributed by atoms with Crippen molar-refractivity contribution in [2.75, 3.05) is 14.2 Å². The Kier molecular flexibility index (Phi) is 8.94. The van der Waals surface area contributed by atoms with E-state index in [9.17, 15) is 0 Å². The number of aryl methyl sites for hydroxylation is 1. The van der Waals surface area contributed by atoms with Gasteiger partial charge in [0, 0.05) is 38.7 Å². The molecule has 1 aliphatic heterocycles. The van der Waals surface area contributed by atoms with Crippen LogP contribution in [0.3, 0.4) is 0 Å². The fraction of sp³-hybridized carbons (Fsp3) is 0.591. The standard InChI is InChI=1S/C22H32N6O2.HI/c1-23-22(25-17-11-12-21-26-20(15-29-2)27-28(21)14-17)24-13-16-7-3-6-10-19(16)30-18-8-4-5-9-18;/h3,6-7,10,17-18H,4-5,8-9,11-15H2,1-2H3,(H2,23,24,25);1H. The van der Waals surface area contributed by atoms with Crippen molar-refractivity contribution < 1.29 is 9.47 Å². The lowest BCUT2D eigenvalue weighted by atomic mass is 10.1. The number of ether oxygens (including phenoxy) is 2. The first kappa shape index (κ1) is 23.8. The second-order valence-corrected chi connectivity index (χ2v) is 8.00. The molecule has 4 rings (SSSR count). The molecule has 1 atom stereocenters. The minimum Gasteiger partial charge on any atom is -0.490 e. The average Bonchev–Trinajstić information content (AvgIpc) is 3.41. The van der Waals surface area contributed by atoms with Crippen molar-refractivity contribution in [2.45, 2.75) is 70.4 Å². The Morgan fingerprint density at radius 2 is 2.03 bits per heavy atom. The van der Waals surface area contributed by atoms with Crippen LogP contribution in [0.1, 0.15) is 49.3 Å². The molecule has 0 radical (unpaired) electrons. The SMILES string of the molecule is CN=C(NCc1ccccc1OC1CCCC1)NC1CCc2nc(COC)nn2C1.I. The van der Waals surface area contributed by atoms with Crippen molar-refractivity contribution in [3.63, 3.8) is 0 Å². The number of rotatable bonds is 7. The van der Waals surface area contributed by atoms with E-state index in [1.54, 1.807) is 14.2 Å². The van der Waals surface area contributed by atoms with Gasteiger partial charge in [-0.1, -0.05) is 18.2 Å². The van der Waals surface area contributed by atoms with Gasteiger partial charge in [-0.05, 0) is 38.2 Å². The predicted octanol–water partition coefficient (Wildman–Crippen LogP) is 3.04. The lowest BCUT2D eigenvalue weighted by Crippen LogP contribution is -2.46. The molecule has 2 aromatic rings. The van der Waals surface area contributed by atoms with Crippen molar-refractivity contribution in [1.82, 2.24) is 25.4 Å². The number of methoxy groups -OCH3 is 1. The highest BCUT2D eigenvalue weighted by atomic mass is 127. The molecule has 2 heterocycles. The van der Waals surface area contributed by atoms with Crippen molar-refractivity contribution in [2.24, 2.45) is 4.99 Å². The molecule has 1 aliphatic carbocycles. The molecule has 1 aromatic carbocycles. The van der Waals surface area contributed by atoms with E-state index in [1.807, 2.05) is 10.7 Å². The van der Waals surface area contributed by atoms with E-state index in [-0.39, 0.29) is 30.0 Å². The lowest BCUT2D eigenvalue weighted by molar-refractivity contribution is 0.177. The Morgan fingerprint density at radius 3 is 2.81 bits per heavy atom. The van der Waals surface area contributed by atoms with Crippen molar-refractivity contribution >= 4 is 29.9 Å². The largest absolute Gasteiger partial charge is 0.490 e. The third-order valence-electron chi connectivity index (χ3n) is 5.75. The first-order chi connectivity index (χ1) is 14.7. The summed E-state index contributed by atoms with van der Waals surface area (Å²) in [5, 5.41) is 11.5. The Morgan fingerprint density at radius 1 is 1.23 bits per heavy atom. The van der Waals surface area contributed by atoms with Crippen LogP contribution in [-0.4, -0.2) is 47.0 Å². The van der Waals surface area contributed by atoms with Gasteiger partial charge in [-0.15, -0.1) is 24.0 Å². The smallest absolute Gasteiger partial charge is 0.191 e. The minimum atomic E-state index is 0. The Bertz CT molecular complexity index is 865. The number of hydrogen-bond donors (Lipinski definition) is 2. The number of aromatic nitrogens is 3. The zero-order valence-corrected chi connectivity index (χ0v) is 20.7. The zero-order chi connectivity index (χ0) is 20.8. The van der Waals surface area contributed by atoms with Crippen LogP contribution in [0.4, 0.5) is 0 Å². The number of para-hydroxylation sites is 1. The van der Waals surface area contributed by atoms with Crippen molar-refractivity contribution in [3.05, 3.63) is 41.5 Å². The van der Waals surface area contributed by atoms with E-state index >= 15 is 0 Å². The van der Waals surface area contributed by atoms with Gasteiger partial charge in [-0.25, -0.2) is 9.67 Å². The van der Waals surface area contributed by atoms with Gasteiger partial charge in [0.05, 0.1) is 12.6 Å². The normalized spacial score (nSPS) is 18.9. The number of halogens is 1. The predicted molar refractivity (Wildman–Crippen MR) is 131 cm³/mol. The van der Waals surface area contributed by atoms with Crippen LogP contribution < -0.4 is 15.4 Å². The first-order valence-corrected chi connectivity index (χ1v) is 10.9. The minimum absolute atomic E-state index is 0. The third-order valence-corrected chi connectivity index (χ3v) is 5.75. The molecule has 170 valence electrons. The summed E-state index contributed by atoms with van der Waals surface area (Å²) in [7, 11) is 3.47. The quantitative estimate of drug-likeness (QED) is 0.319. The van der Waals surface area contributed by atoms with Gasteiger partial charge in [0.2, 0.25) is 0 Å². The fourth-order valence-corrected chi connectivity index (χ4v) is 4.19. The molecule has 0 saturated heterocycles. The van der Waals surface area contributed by atoms with Crippen LogP contribution >= 0.6 is 24.0 Å². The maximum atomic E-state index is 6.25. The van der Waals surface area contributed by atoms with Gasteiger partial charge in [0.15, 0.2) is 11.8 Å². The highest BCUT2D eigenvalue weighted by molar-refractivity contribution is 14.0. The van der Waals surface area contributed by atoms with E-state index in [4.69, 9.17) is 9.47 Å². The van der Waals surface area contributed by atoms with E-state index in [1.165, 1.54) is 12.8 Å². The van der Waals surface area contributed by atoms with E-state index in [2.05, 4.69) is 43.9 Å². The molecule has 0 spiro atoms. The molecule has 1 saturated carbocycles. The van der Waals surface area contributed by atoms with E-state index < -0.39 is 0 Å². The Balaban J connectivity index is 0.00000272. The summed E-state index contributed by atoms with van der Waals surface area (Å²) in [6.07, 6.45) is 7.08. The molecule has 1 fully saturated rings. The third kappa shape index (κ3) is 6.31. The molecular weight excluding hydrogens is 507 g/mol. The van der Waals surface area contributed by atoms with Crippen LogP contribution in [0.5, 0.6) is 5.75 Å². The second kappa shape index (κ2) is 11.7. The highest BCUT2D eigenvalue weighted by Gasteiger charge is 2.22. The van der Waals surface area contributed by atoms with Crippen LogP contribution in [0.2, 0.25) is 0 Å². The molecule has 1 aromatic heterocycles. The van der Waals surface area contributed by atoms with Crippen LogP contribution in [-0.2, 0) is 30.9 Å². The molecule has 2 aliphatic rings. The summed E-state index contributed by atoms with van der Waals surface area (Å²) in [5.74, 6) is 3.54. The summed E-state index contributed by atoms with van der Waals surface area (Å²) in [6.45, 7) is 1.89.